The third-order valence-corrected chi connectivity index (χ3v) is 4.36. The molecule has 2 fully saturated rings. The zero-order chi connectivity index (χ0) is 6.48. The van der Waals surface area contributed by atoms with Gasteiger partial charge in [-0.15, -0.1) is 17.0 Å². The number of nitrogens with one attached hydrogen (secondary N) is 1. The Morgan fingerprint density at radius 3 is 2.30 bits per heavy atom. The summed E-state index contributed by atoms with van der Waals surface area (Å²) in [5, 5.41) is 3.08. The summed E-state index contributed by atoms with van der Waals surface area (Å²) in [5.41, 5.74) is 0. The van der Waals surface area contributed by atoms with E-state index < -0.39 is 9.84 Å². The highest BCUT2D eigenvalue weighted by atomic mass is 79.9. The van der Waals surface area contributed by atoms with Gasteiger partial charge in [-0.05, 0) is 6.42 Å². The van der Waals surface area contributed by atoms with E-state index in [1.165, 1.54) is 0 Å². The van der Waals surface area contributed by atoms with Crippen LogP contribution in [0.25, 0.3) is 0 Å². The normalized spacial score (nSPS) is 41.2. The zero-order valence-electron chi connectivity index (χ0n) is 5.41. The molecule has 1 N–H and O–H groups in total. The molecule has 0 radical (unpaired) electrons. The van der Waals surface area contributed by atoms with Gasteiger partial charge in [0.05, 0.1) is 11.0 Å². The summed E-state index contributed by atoms with van der Waals surface area (Å²) in [6, 6.07) is 0.278. The van der Waals surface area contributed by atoms with Crippen molar-refractivity contribution in [3.05, 3.63) is 0 Å². The molecule has 2 aliphatic heterocycles. The molecule has 60 valence electrons. The average molecular weight is 228 g/mol. The summed E-state index contributed by atoms with van der Waals surface area (Å²) in [6.45, 7) is 0.688. The van der Waals surface area contributed by atoms with Crippen LogP contribution in [0.4, 0.5) is 0 Å². The molecule has 0 unspecified atom stereocenters. The van der Waals surface area contributed by atoms with Gasteiger partial charge >= 0.3 is 0 Å². The first-order chi connectivity index (χ1) is 4.18. The van der Waals surface area contributed by atoms with E-state index >= 15 is 0 Å². The topological polar surface area (TPSA) is 46.2 Å². The molecule has 3 nitrogen and oxygen atoms in total. The van der Waals surface area contributed by atoms with Crippen LogP contribution in [0.2, 0.25) is 0 Å². The van der Waals surface area contributed by atoms with Crippen molar-refractivity contribution in [2.24, 2.45) is 0 Å². The predicted octanol–water partition coefficient (Wildman–Crippen LogP) is -0.277. The van der Waals surface area contributed by atoms with Crippen molar-refractivity contribution in [2.45, 2.75) is 17.7 Å². The Morgan fingerprint density at radius 1 is 1.40 bits per heavy atom. The van der Waals surface area contributed by atoms with Crippen molar-refractivity contribution in [1.82, 2.24) is 5.32 Å². The molecule has 0 spiro atoms. The maximum Gasteiger partial charge on any atom is 0.155 e. The van der Waals surface area contributed by atoms with E-state index in [0.717, 1.165) is 6.42 Å². The summed E-state index contributed by atoms with van der Waals surface area (Å²) in [5.74, 6) is 0.373. The summed E-state index contributed by atoms with van der Waals surface area (Å²) < 4.78 is 22.0. The lowest BCUT2D eigenvalue weighted by Gasteiger charge is -2.10. The first-order valence-corrected chi connectivity index (χ1v) is 4.85. The van der Waals surface area contributed by atoms with Crippen molar-refractivity contribution >= 4 is 26.8 Å². The Labute approximate surface area is 70.9 Å². The summed E-state index contributed by atoms with van der Waals surface area (Å²) in [4.78, 5) is 0. The molecular weight excluding hydrogens is 218 g/mol. The van der Waals surface area contributed by atoms with Gasteiger partial charge < -0.3 is 5.32 Å². The first kappa shape index (κ1) is 8.49. The Hall–Kier alpha value is 0.390. The monoisotopic (exact) mass is 227 g/mol. The first-order valence-electron chi connectivity index (χ1n) is 3.13. The number of rotatable bonds is 0. The fraction of sp³-hybridized carbons (Fsp3) is 1.00. The number of sulfone groups is 1. The summed E-state index contributed by atoms with van der Waals surface area (Å²) >= 11 is 0. The summed E-state index contributed by atoms with van der Waals surface area (Å²) in [6.07, 6.45) is 0.850. The van der Waals surface area contributed by atoms with Crippen molar-refractivity contribution in [1.29, 1.82) is 0 Å². The Morgan fingerprint density at radius 2 is 2.10 bits per heavy atom. The minimum Gasteiger partial charge on any atom is -0.312 e. The highest BCUT2D eigenvalue weighted by Crippen LogP contribution is 2.25. The van der Waals surface area contributed by atoms with E-state index in [2.05, 4.69) is 5.32 Å². The second kappa shape index (κ2) is 2.46. The lowest BCUT2D eigenvalue weighted by atomic mass is 10.3. The molecule has 0 aliphatic carbocycles. The van der Waals surface area contributed by atoms with Gasteiger partial charge in [0.25, 0.3) is 0 Å². The van der Waals surface area contributed by atoms with Crippen LogP contribution in [0.1, 0.15) is 6.42 Å². The Balaban J connectivity index is 0.000000500. The predicted molar refractivity (Wildman–Crippen MR) is 44.3 cm³/mol. The van der Waals surface area contributed by atoms with Gasteiger partial charge in [0, 0.05) is 12.6 Å². The molecule has 5 heteroatoms. The highest BCUT2D eigenvalue weighted by molar-refractivity contribution is 8.93. The van der Waals surface area contributed by atoms with Crippen LogP contribution in [0.5, 0.6) is 0 Å². The highest BCUT2D eigenvalue weighted by Gasteiger charge is 2.43. The van der Waals surface area contributed by atoms with Crippen molar-refractivity contribution in [2.75, 3.05) is 12.3 Å². The van der Waals surface area contributed by atoms with Crippen molar-refractivity contribution < 1.29 is 8.42 Å². The molecule has 0 aromatic heterocycles. The molecule has 2 saturated heterocycles. The Kier molecular flexibility index (Phi) is 2.09. The minimum absolute atomic E-state index is 0. The van der Waals surface area contributed by atoms with Crippen LogP contribution in [-0.4, -0.2) is 32.0 Å². The van der Waals surface area contributed by atoms with E-state index in [-0.39, 0.29) is 28.3 Å². The quantitative estimate of drug-likeness (QED) is 0.620. The smallest absolute Gasteiger partial charge is 0.155 e. The van der Waals surface area contributed by atoms with Crippen LogP contribution in [-0.2, 0) is 9.84 Å². The molecule has 0 aromatic carbocycles. The molecule has 2 bridgehead atoms. The second-order valence-electron chi connectivity index (χ2n) is 2.79. The van der Waals surface area contributed by atoms with Crippen LogP contribution in [0, 0.1) is 0 Å². The van der Waals surface area contributed by atoms with Gasteiger partial charge in [-0.1, -0.05) is 0 Å². The van der Waals surface area contributed by atoms with Gasteiger partial charge in [0.15, 0.2) is 9.84 Å². The lowest BCUT2D eigenvalue weighted by Crippen LogP contribution is -2.35. The lowest BCUT2D eigenvalue weighted by molar-refractivity contribution is 0.576. The standard InChI is InChI=1S/C5H9NO2S.BrH/c7-9(8)3-4-1-5(9)2-6-4;/h4-6H,1-3H2;1H/t4-,5-;/m1./s1. The maximum absolute atomic E-state index is 11.0. The SMILES string of the molecule is Br.O=S1(=O)C[C@H]2C[C@@H]1CN2. The molecule has 2 aliphatic rings. The van der Waals surface area contributed by atoms with Crippen LogP contribution in [0.15, 0.2) is 0 Å². The third-order valence-electron chi connectivity index (χ3n) is 2.12. The Bertz CT molecular complexity index is 226. The largest absolute Gasteiger partial charge is 0.312 e. The average Bonchev–Trinajstić information content (AvgIpc) is 2.19. The molecule has 2 heterocycles. The molecule has 10 heavy (non-hydrogen) atoms. The van der Waals surface area contributed by atoms with Gasteiger partial charge in [0.1, 0.15) is 0 Å². The molecular formula is C5H10BrNO2S. The summed E-state index contributed by atoms with van der Waals surface area (Å²) in [7, 11) is -2.65. The zero-order valence-corrected chi connectivity index (χ0v) is 7.94. The van der Waals surface area contributed by atoms with E-state index in [4.69, 9.17) is 0 Å². The van der Waals surface area contributed by atoms with Crippen LogP contribution in [0.3, 0.4) is 0 Å². The fourth-order valence-corrected chi connectivity index (χ4v) is 3.56. The van der Waals surface area contributed by atoms with Gasteiger partial charge in [-0.2, -0.15) is 0 Å². The molecule has 2 atom stereocenters. The molecule has 0 amide bonds. The van der Waals surface area contributed by atoms with Gasteiger partial charge in [-0.25, -0.2) is 8.42 Å². The van der Waals surface area contributed by atoms with Gasteiger partial charge in [0.2, 0.25) is 0 Å². The number of fused-ring (bicyclic) bond motifs is 2. The third kappa shape index (κ3) is 1.10. The fourth-order valence-electron chi connectivity index (χ4n) is 1.60. The second-order valence-corrected chi connectivity index (χ2v) is 5.12. The van der Waals surface area contributed by atoms with Crippen LogP contribution >= 0.6 is 17.0 Å². The van der Waals surface area contributed by atoms with E-state index in [1.807, 2.05) is 0 Å². The molecule has 0 aromatic rings. The van der Waals surface area contributed by atoms with Gasteiger partial charge in [-0.3, -0.25) is 0 Å². The number of hydrogen-bond donors (Lipinski definition) is 1. The van der Waals surface area contributed by atoms with E-state index in [0.29, 0.717) is 12.3 Å². The van der Waals surface area contributed by atoms with E-state index in [9.17, 15) is 8.42 Å². The maximum atomic E-state index is 11.0. The number of halogens is 1. The number of hydrogen-bond acceptors (Lipinski definition) is 3. The molecule has 2 rings (SSSR count). The van der Waals surface area contributed by atoms with Crippen LogP contribution < -0.4 is 5.32 Å². The van der Waals surface area contributed by atoms with E-state index in [1.54, 1.807) is 0 Å². The minimum atomic E-state index is -2.65. The van der Waals surface area contributed by atoms with Crippen molar-refractivity contribution in [3.8, 4) is 0 Å². The molecule has 0 saturated carbocycles. The van der Waals surface area contributed by atoms with Crippen molar-refractivity contribution in [3.63, 3.8) is 0 Å².